The number of thiazole rings is 1. The average Bonchev–Trinajstić information content (AvgIpc) is 2.78. The fourth-order valence-corrected chi connectivity index (χ4v) is 3.51. The highest BCUT2D eigenvalue weighted by Crippen LogP contribution is 2.26. The molecule has 1 N–H and O–H groups in total. The number of hydrogen-bond acceptors (Lipinski definition) is 3. The average molecular weight is 279 g/mol. The Morgan fingerprint density at radius 2 is 2.11 bits per heavy atom. The lowest BCUT2D eigenvalue weighted by molar-refractivity contribution is 0.173. The molecular weight excluding hydrogens is 254 g/mol. The van der Waals surface area contributed by atoms with E-state index < -0.39 is 0 Å². The second kappa shape index (κ2) is 6.19. The number of allylic oxidation sites excluding steroid dienone is 1. The number of aliphatic hydroxyl groups excluding tert-OH is 1. The van der Waals surface area contributed by atoms with Crippen LogP contribution in [0.4, 0.5) is 0 Å². The number of nitrogens with zero attached hydrogens (tertiary/aromatic N) is 1. The maximum Gasteiger partial charge on any atom is 0.0954 e. The highest BCUT2D eigenvalue weighted by molar-refractivity contribution is 7.09. The van der Waals surface area contributed by atoms with E-state index in [1.165, 1.54) is 31.3 Å². The monoisotopic (exact) mass is 279 g/mol. The number of aliphatic hydroxyl groups is 1. The summed E-state index contributed by atoms with van der Waals surface area (Å²) in [6.07, 6.45) is 8.50. The van der Waals surface area contributed by atoms with Gasteiger partial charge in [-0.25, -0.2) is 4.98 Å². The second-order valence-electron chi connectivity index (χ2n) is 6.55. The maximum atomic E-state index is 10.2. The van der Waals surface area contributed by atoms with Crippen LogP contribution in [0, 0.1) is 0 Å². The Bertz CT molecular complexity index is 442. The van der Waals surface area contributed by atoms with Gasteiger partial charge in [-0.15, -0.1) is 11.3 Å². The number of rotatable bonds is 4. The lowest BCUT2D eigenvalue weighted by atomic mass is 9.93. The Kier molecular flexibility index (Phi) is 4.80. The molecule has 0 aromatic carbocycles. The van der Waals surface area contributed by atoms with Crippen LogP contribution in [-0.4, -0.2) is 16.2 Å². The van der Waals surface area contributed by atoms with Crippen LogP contribution in [-0.2, 0) is 11.8 Å². The molecule has 3 heteroatoms. The van der Waals surface area contributed by atoms with Gasteiger partial charge in [0, 0.05) is 17.2 Å². The van der Waals surface area contributed by atoms with Crippen LogP contribution in [0.1, 0.15) is 63.6 Å². The first-order valence-electron chi connectivity index (χ1n) is 7.26. The quantitative estimate of drug-likeness (QED) is 0.836. The molecule has 0 spiro atoms. The molecule has 0 aliphatic heterocycles. The number of hydrogen-bond donors (Lipinski definition) is 1. The molecule has 0 fully saturated rings. The minimum atomic E-state index is -0.275. The van der Waals surface area contributed by atoms with E-state index in [-0.39, 0.29) is 11.5 Å². The molecule has 19 heavy (non-hydrogen) atoms. The third-order valence-electron chi connectivity index (χ3n) is 3.61. The van der Waals surface area contributed by atoms with Gasteiger partial charge in [0.15, 0.2) is 0 Å². The minimum absolute atomic E-state index is 0.103. The molecule has 1 aliphatic rings. The molecule has 0 amide bonds. The zero-order valence-corrected chi connectivity index (χ0v) is 13.1. The van der Waals surface area contributed by atoms with E-state index in [9.17, 15) is 5.11 Å². The van der Waals surface area contributed by atoms with Crippen molar-refractivity contribution in [3.8, 4) is 0 Å². The predicted molar refractivity (Wildman–Crippen MR) is 81.7 cm³/mol. The van der Waals surface area contributed by atoms with Gasteiger partial charge in [-0.2, -0.15) is 0 Å². The Labute approximate surface area is 120 Å². The molecule has 2 rings (SSSR count). The van der Waals surface area contributed by atoms with Gasteiger partial charge < -0.3 is 5.11 Å². The Hall–Kier alpha value is -0.670. The first-order valence-corrected chi connectivity index (χ1v) is 8.14. The highest BCUT2D eigenvalue weighted by atomic mass is 32.1. The standard InChI is InChI=1S/C16H25NOS/c1-16(2,3)14-11-19-15(17-14)10-13(18)9-12-7-5-4-6-8-12/h7,11,13,18H,4-6,8-10H2,1-3H3. The van der Waals surface area contributed by atoms with Crippen molar-refractivity contribution in [1.82, 2.24) is 4.98 Å². The van der Waals surface area contributed by atoms with Crippen LogP contribution in [0.3, 0.4) is 0 Å². The van der Waals surface area contributed by atoms with E-state index in [4.69, 9.17) is 0 Å². The van der Waals surface area contributed by atoms with Crippen LogP contribution in [0.15, 0.2) is 17.0 Å². The van der Waals surface area contributed by atoms with Gasteiger partial charge in [-0.3, -0.25) is 0 Å². The second-order valence-corrected chi connectivity index (χ2v) is 7.49. The molecule has 1 aliphatic carbocycles. The van der Waals surface area contributed by atoms with Crippen molar-refractivity contribution in [1.29, 1.82) is 0 Å². The van der Waals surface area contributed by atoms with Crippen LogP contribution in [0.5, 0.6) is 0 Å². The normalized spacial score (nSPS) is 18.2. The van der Waals surface area contributed by atoms with Crippen molar-refractivity contribution in [2.24, 2.45) is 0 Å². The van der Waals surface area contributed by atoms with E-state index >= 15 is 0 Å². The molecule has 2 nitrogen and oxygen atoms in total. The zero-order chi connectivity index (χ0) is 13.9. The molecule has 1 unspecified atom stereocenters. The third-order valence-corrected chi connectivity index (χ3v) is 4.48. The third kappa shape index (κ3) is 4.43. The lowest BCUT2D eigenvalue weighted by Gasteiger charge is -2.16. The summed E-state index contributed by atoms with van der Waals surface area (Å²) in [5.41, 5.74) is 2.67. The van der Waals surface area contributed by atoms with Crippen LogP contribution in [0.2, 0.25) is 0 Å². The van der Waals surface area contributed by atoms with Crippen LogP contribution < -0.4 is 0 Å². The summed E-state index contributed by atoms with van der Waals surface area (Å²) < 4.78 is 0. The fraction of sp³-hybridized carbons (Fsp3) is 0.688. The molecule has 0 saturated carbocycles. The molecule has 1 aromatic rings. The molecule has 1 aromatic heterocycles. The van der Waals surface area contributed by atoms with Crippen molar-refractivity contribution in [2.45, 2.75) is 70.8 Å². The van der Waals surface area contributed by atoms with E-state index in [1.807, 2.05) is 0 Å². The summed E-state index contributed by atoms with van der Waals surface area (Å²) in [4.78, 5) is 4.65. The SMILES string of the molecule is CC(C)(C)c1csc(CC(O)CC2=CCCCC2)n1. The highest BCUT2D eigenvalue weighted by Gasteiger charge is 2.19. The molecular formula is C16H25NOS. The Balaban J connectivity index is 1.90. The summed E-state index contributed by atoms with van der Waals surface area (Å²) >= 11 is 1.68. The Morgan fingerprint density at radius 1 is 1.32 bits per heavy atom. The fourth-order valence-electron chi connectivity index (χ4n) is 2.42. The topological polar surface area (TPSA) is 33.1 Å². The summed E-state index contributed by atoms with van der Waals surface area (Å²) in [5, 5.41) is 13.4. The van der Waals surface area contributed by atoms with E-state index in [0.717, 1.165) is 17.1 Å². The maximum absolute atomic E-state index is 10.2. The van der Waals surface area contributed by atoms with Crippen molar-refractivity contribution in [3.05, 3.63) is 27.7 Å². The Morgan fingerprint density at radius 3 is 2.68 bits per heavy atom. The largest absolute Gasteiger partial charge is 0.392 e. The molecule has 0 radical (unpaired) electrons. The number of aromatic nitrogens is 1. The predicted octanol–water partition coefficient (Wildman–Crippen LogP) is 4.23. The van der Waals surface area contributed by atoms with E-state index in [0.29, 0.717) is 6.42 Å². The summed E-state index contributed by atoms with van der Waals surface area (Å²) in [6.45, 7) is 6.53. The van der Waals surface area contributed by atoms with Crippen molar-refractivity contribution >= 4 is 11.3 Å². The summed E-state index contributed by atoms with van der Waals surface area (Å²) in [6, 6.07) is 0. The summed E-state index contributed by atoms with van der Waals surface area (Å²) in [7, 11) is 0. The van der Waals surface area contributed by atoms with Gasteiger partial charge in [0.1, 0.15) is 0 Å². The van der Waals surface area contributed by atoms with Gasteiger partial charge in [0.2, 0.25) is 0 Å². The molecule has 0 saturated heterocycles. The molecule has 0 bridgehead atoms. The lowest BCUT2D eigenvalue weighted by Crippen LogP contribution is -2.14. The van der Waals surface area contributed by atoms with Crippen molar-refractivity contribution in [2.75, 3.05) is 0 Å². The van der Waals surface area contributed by atoms with E-state index in [1.54, 1.807) is 11.3 Å². The van der Waals surface area contributed by atoms with Gasteiger partial charge >= 0.3 is 0 Å². The van der Waals surface area contributed by atoms with E-state index in [2.05, 4.69) is 37.2 Å². The first-order chi connectivity index (χ1) is 8.95. The zero-order valence-electron chi connectivity index (χ0n) is 12.3. The summed E-state index contributed by atoms with van der Waals surface area (Å²) in [5.74, 6) is 0. The minimum Gasteiger partial charge on any atom is -0.392 e. The van der Waals surface area contributed by atoms with Crippen LogP contribution >= 0.6 is 11.3 Å². The van der Waals surface area contributed by atoms with Gasteiger partial charge in [0.25, 0.3) is 0 Å². The van der Waals surface area contributed by atoms with Gasteiger partial charge in [-0.1, -0.05) is 32.4 Å². The molecule has 1 atom stereocenters. The molecule has 1 heterocycles. The van der Waals surface area contributed by atoms with Gasteiger partial charge in [0.05, 0.1) is 16.8 Å². The molecule has 106 valence electrons. The van der Waals surface area contributed by atoms with Crippen LogP contribution in [0.25, 0.3) is 0 Å². The van der Waals surface area contributed by atoms with Crippen molar-refractivity contribution in [3.63, 3.8) is 0 Å². The van der Waals surface area contributed by atoms with Gasteiger partial charge in [-0.05, 0) is 32.1 Å². The van der Waals surface area contributed by atoms with Crippen molar-refractivity contribution < 1.29 is 5.11 Å². The first kappa shape index (κ1) is 14.7. The smallest absolute Gasteiger partial charge is 0.0954 e.